The summed E-state index contributed by atoms with van der Waals surface area (Å²) in [6, 6.07) is 7.08. The molecular weight excluding hydrogens is 388 g/mol. The molecule has 8 nitrogen and oxygen atoms in total. The summed E-state index contributed by atoms with van der Waals surface area (Å²) in [7, 11) is 1.55. The molecule has 0 N–H and O–H groups in total. The maximum atomic E-state index is 12.9. The predicted octanol–water partition coefficient (Wildman–Crippen LogP) is 2.16. The Labute approximate surface area is 167 Å². The van der Waals surface area contributed by atoms with E-state index in [4.69, 9.17) is 25.8 Å². The third kappa shape index (κ3) is 5.10. The van der Waals surface area contributed by atoms with Crippen LogP contribution in [0.25, 0.3) is 0 Å². The molecule has 0 bridgehead atoms. The van der Waals surface area contributed by atoms with Gasteiger partial charge in [0.25, 0.3) is 5.56 Å². The van der Waals surface area contributed by atoms with Gasteiger partial charge < -0.3 is 18.8 Å². The van der Waals surface area contributed by atoms with Gasteiger partial charge in [0, 0.05) is 6.20 Å². The Morgan fingerprint density at radius 3 is 2.18 bits per heavy atom. The summed E-state index contributed by atoms with van der Waals surface area (Å²) in [5.74, 6) is -2.75. The molecule has 2 rings (SSSR count). The van der Waals surface area contributed by atoms with Crippen molar-refractivity contribution in [1.29, 1.82) is 0 Å². The summed E-state index contributed by atoms with van der Waals surface area (Å²) in [6.07, 6.45) is 1.34. The van der Waals surface area contributed by atoms with Crippen LogP contribution in [0.3, 0.4) is 0 Å². The molecule has 0 unspecified atom stereocenters. The zero-order valence-electron chi connectivity index (χ0n) is 15.8. The molecule has 0 amide bonds. The number of benzene rings is 1. The number of methoxy groups -OCH3 is 1. The van der Waals surface area contributed by atoms with Crippen molar-refractivity contribution in [2.75, 3.05) is 20.3 Å². The second kappa shape index (κ2) is 9.89. The van der Waals surface area contributed by atoms with Gasteiger partial charge in [-0.25, -0.2) is 4.98 Å². The molecule has 0 saturated carbocycles. The van der Waals surface area contributed by atoms with Crippen molar-refractivity contribution in [1.82, 2.24) is 9.55 Å². The number of nitrogens with zero attached hydrogens (tertiary/aromatic N) is 2. The van der Waals surface area contributed by atoms with Crippen molar-refractivity contribution < 1.29 is 23.8 Å². The molecule has 0 spiro atoms. The van der Waals surface area contributed by atoms with Crippen LogP contribution < -0.4 is 10.3 Å². The van der Waals surface area contributed by atoms with E-state index >= 15 is 0 Å². The van der Waals surface area contributed by atoms with E-state index < -0.39 is 23.4 Å². The molecule has 150 valence electrons. The number of hydrogen-bond acceptors (Lipinski definition) is 7. The number of carbonyl (C=O) groups excluding carboxylic acids is 2. The van der Waals surface area contributed by atoms with Gasteiger partial charge in [-0.2, -0.15) is 0 Å². The standard InChI is InChI=1S/C19H21ClN2O6/c1-4-27-18(24)15(19(25)28-5-2)16-17(23)22(11-14(20)21-16)10-12-6-8-13(26-3)9-7-12/h6-9,11,15H,4-5,10H2,1-3H3. The molecule has 0 radical (unpaired) electrons. The molecule has 1 heterocycles. The van der Waals surface area contributed by atoms with Crippen molar-refractivity contribution in [2.45, 2.75) is 26.3 Å². The first-order valence-electron chi connectivity index (χ1n) is 8.64. The second-order valence-electron chi connectivity index (χ2n) is 5.67. The van der Waals surface area contributed by atoms with Gasteiger partial charge in [0.2, 0.25) is 5.92 Å². The van der Waals surface area contributed by atoms with Crippen LogP contribution in [0.2, 0.25) is 5.15 Å². The fourth-order valence-electron chi connectivity index (χ4n) is 2.53. The summed E-state index contributed by atoms with van der Waals surface area (Å²) in [5, 5.41) is -0.0401. The molecule has 0 saturated heterocycles. The van der Waals surface area contributed by atoms with Gasteiger partial charge >= 0.3 is 11.9 Å². The van der Waals surface area contributed by atoms with Gasteiger partial charge in [-0.1, -0.05) is 23.7 Å². The number of ether oxygens (including phenoxy) is 3. The lowest BCUT2D eigenvalue weighted by Crippen LogP contribution is -2.35. The Bertz CT molecular complexity index is 876. The lowest BCUT2D eigenvalue weighted by molar-refractivity contribution is -0.157. The van der Waals surface area contributed by atoms with Gasteiger partial charge in [-0.3, -0.25) is 14.4 Å². The van der Waals surface area contributed by atoms with Crippen molar-refractivity contribution >= 4 is 23.5 Å². The van der Waals surface area contributed by atoms with E-state index in [0.717, 1.165) is 5.56 Å². The fraction of sp³-hybridized carbons (Fsp3) is 0.368. The van der Waals surface area contributed by atoms with Gasteiger partial charge in [0.1, 0.15) is 16.6 Å². The monoisotopic (exact) mass is 408 g/mol. The molecule has 9 heteroatoms. The second-order valence-corrected chi connectivity index (χ2v) is 6.05. The van der Waals surface area contributed by atoms with E-state index in [1.807, 2.05) is 0 Å². The highest BCUT2D eigenvalue weighted by Crippen LogP contribution is 2.18. The van der Waals surface area contributed by atoms with Crippen LogP contribution in [0.5, 0.6) is 5.75 Å². The van der Waals surface area contributed by atoms with Gasteiger partial charge in [-0.15, -0.1) is 0 Å². The number of esters is 2. The predicted molar refractivity (Wildman–Crippen MR) is 102 cm³/mol. The topological polar surface area (TPSA) is 96.7 Å². The largest absolute Gasteiger partial charge is 0.497 e. The number of carbonyl (C=O) groups is 2. The van der Waals surface area contributed by atoms with Crippen molar-refractivity contribution in [3.63, 3.8) is 0 Å². The van der Waals surface area contributed by atoms with E-state index in [0.29, 0.717) is 5.75 Å². The van der Waals surface area contributed by atoms with E-state index in [1.165, 1.54) is 10.8 Å². The highest BCUT2D eigenvalue weighted by atomic mass is 35.5. The zero-order valence-corrected chi connectivity index (χ0v) is 16.6. The zero-order chi connectivity index (χ0) is 20.7. The van der Waals surface area contributed by atoms with Crippen LogP contribution in [0.1, 0.15) is 31.0 Å². The molecule has 2 aromatic rings. The minimum absolute atomic E-state index is 0.0370. The van der Waals surface area contributed by atoms with Crippen LogP contribution in [-0.4, -0.2) is 41.8 Å². The van der Waals surface area contributed by atoms with Crippen LogP contribution >= 0.6 is 11.6 Å². The Morgan fingerprint density at radius 2 is 1.68 bits per heavy atom. The van der Waals surface area contributed by atoms with Gasteiger partial charge in [-0.05, 0) is 31.5 Å². The van der Waals surface area contributed by atoms with Crippen LogP contribution in [0.15, 0.2) is 35.3 Å². The normalized spacial score (nSPS) is 10.6. The molecule has 1 aromatic heterocycles. The van der Waals surface area contributed by atoms with Crippen molar-refractivity contribution in [2.24, 2.45) is 0 Å². The third-order valence-corrected chi connectivity index (χ3v) is 3.98. The lowest BCUT2D eigenvalue weighted by atomic mass is 10.1. The SMILES string of the molecule is CCOC(=O)C(C(=O)OCC)c1nc(Cl)cn(Cc2ccc(OC)cc2)c1=O. The number of rotatable bonds is 8. The first kappa shape index (κ1) is 21.4. The van der Waals surface area contributed by atoms with Crippen molar-refractivity contribution in [3.8, 4) is 5.75 Å². The fourth-order valence-corrected chi connectivity index (χ4v) is 2.74. The van der Waals surface area contributed by atoms with Crippen molar-refractivity contribution in [3.05, 3.63) is 57.2 Å². The Hall–Kier alpha value is -2.87. The maximum absolute atomic E-state index is 12.9. The van der Waals surface area contributed by atoms with Gasteiger partial charge in [0.15, 0.2) is 0 Å². The average molecular weight is 409 g/mol. The van der Waals surface area contributed by atoms with Crippen LogP contribution in [-0.2, 0) is 25.6 Å². The van der Waals surface area contributed by atoms with Gasteiger partial charge in [0.05, 0.1) is 26.9 Å². The Morgan fingerprint density at radius 1 is 1.11 bits per heavy atom. The molecule has 0 fully saturated rings. The first-order valence-corrected chi connectivity index (χ1v) is 9.02. The summed E-state index contributed by atoms with van der Waals surface area (Å²) in [4.78, 5) is 41.4. The molecule has 0 aliphatic carbocycles. The summed E-state index contributed by atoms with van der Waals surface area (Å²) < 4.78 is 16.2. The number of aromatic nitrogens is 2. The summed E-state index contributed by atoms with van der Waals surface area (Å²) in [5.41, 5.74) is -0.177. The third-order valence-electron chi connectivity index (χ3n) is 3.80. The van der Waals surface area contributed by atoms with E-state index in [1.54, 1.807) is 45.2 Å². The highest BCUT2D eigenvalue weighted by Gasteiger charge is 2.36. The molecule has 1 aromatic carbocycles. The molecule has 0 aliphatic rings. The first-order chi connectivity index (χ1) is 13.4. The molecule has 28 heavy (non-hydrogen) atoms. The average Bonchev–Trinajstić information content (AvgIpc) is 2.66. The smallest absolute Gasteiger partial charge is 0.326 e. The minimum atomic E-state index is -1.60. The number of hydrogen-bond donors (Lipinski definition) is 0. The minimum Gasteiger partial charge on any atom is -0.497 e. The summed E-state index contributed by atoms with van der Waals surface area (Å²) >= 11 is 6.05. The molecule has 0 atom stereocenters. The maximum Gasteiger partial charge on any atom is 0.326 e. The van der Waals surface area contributed by atoms with Crippen LogP contribution in [0, 0.1) is 0 Å². The van der Waals surface area contributed by atoms with E-state index in [-0.39, 0.29) is 30.6 Å². The Balaban J connectivity index is 2.46. The quantitative estimate of drug-likeness (QED) is 0.487. The summed E-state index contributed by atoms with van der Waals surface area (Å²) in [6.45, 7) is 3.42. The lowest BCUT2D eigenvalue weighted by Gasteiger charge is -2.15. The Kier molecular flexibility index (Phi) is 7.57. The highest BCUT2D eigenvalue weighted by molar-refractivity contribution is 6.29. The molecular formula is C19H21ClN2O6. The van der Waals surface area contributed by atoms with E-state index in [2.05, 4.69) is 4.98 Å². The number of halogens is 1. The molecule has 0 aliphatic heterocycles. The van der Waals surface area contributed by atoms with E-state index in [9.17, 15) is 14.4 Å². The van der Waals surface area contributed by atoms with Crippen LogP contribution in [0.4, 0.5) is 0 Å².